The molecule has 3 heteroatoms. The van der Waals surface area contributed by atoms with Gasteiger partial charge in [-0.25, -0.2) is 0 Å². The van der Waals surface area contributed by atoms with Gasteiger partial charge in [-0.1, -0.05) is 206 Å². The molecule has 0 bridgehead atoms. The van der Waals surface area contributed by atoms with Crippen molar-refractivity contribution in [1.82, 2.24) is 0 Å². The summed E-state index contributed by atoms with van der Waals surface area (Å²) in [5, 5.41) is 4.97. The van der Waals surface area contributed by atoms with E-state index in [1.165, 1.54) is 77.2 Å². The third-order valence-corrected chi connectivity index (χ3v) is 16.2. The second kappa shape index (κ2) is 22.6. The summed E-state index contributed by atoms with van der Waals surface area (Å²) in [6.07, 6.45) is 1.90. The molecule has 0 radical (unpaired) electrons. The number of hydrogen-bond acceptors (Lipinski definition) is 3. The average molecular weight is 1070 g/mol. The molecule has 0 heterocycles. The normalized spacial score (nSPS) is 11.2. The minimum absolute atomic E-state index is 1.08. The highest BCUT2D eigenvalue weighted by Gasteiger charge is 2.21. The van der Waals surface area contributed by atoms with Crippen molar-refractivity contribution >= 4 is 78.8 Å². The van der Waals surface area contributed by atoms with Crippen LogP contribution in [0.4, 0.5) is 51.2 Å². The van der Waals surface area contributed by atoms with E-state index in [1.54, 1.807) is 0 Å². The molecule has 0 spiro atoms. The summed E-state index contributed by atoms with van der Waals surface area (Å²) in [5.41, 5.74) is 25.6. The molecular formula is C80H63N3. The van der Waals surface area contributed by atoms with Gasteiger partial charge in [-0.2, -0.15) is 0 Å². The van der Waals surface area contributed by atoms with Gasteiger partial charge in [0.15, 0.2) is 0 Å². The fourth-order valence-corrected chi connectivity index (χ4v) is 12.0. The zero-order valence-electron chi connectivity index (χ0n) is 47.3. The van der Waals surface area contributed by atoms with Crippen LogP contribution in [-0.4, -0.2) is 0 Å². The summed E-state index contributed by atoms with van der Waals surface area (Å²) in [6, 6.07) is 106. The van der Waals surface area contributed by atoms with E-state index in [-0.39, 0.29) is 0 Å². The molecule has 0 N–H and O–H groups in total. The lowest BCUT2D eigenvalue weighted by Crippen LogP contribution is -2.10. The number of fused-ring (bicyclic) bond motifs is 2. The lowest BCUT2D eigenvalue weighted by Gasteiger charge is -2.26. The van der Waals surface area contributed by atoms with E-state index in [4.69, 9.17) is 0 Å². The van der Waals surface area contributed by atoms with E-state index in [0.29, 0.717) is 0 Å². The summed E-state index contributed by atoms with van der Waals surface area (Å²) in [5.74, 6) is 0. The van der Waals surface area contributed by atoms with Gasteiger partial charge in [-0.05, 0) is 220 Å². The van der Waals surface area contributed by atoms with E-state index in [1.807, 2.05) is 6.08 Å². The van der Waals surface area contributed by atoms with Crippen molar-refractivity contribution < 1.29 is 0 Å². The summed E-state index contributed by atoms with van der Waals surface area (Å²) < 4.78 is 0. The molecule has 13 rings (SSSR count). The number of aryl methyl sites for hydroxylation is 4. The highest BCUT2D eigenvalue weighted by molar-refractivity contribution is 6.14. The van der Waals surface area contributed by atoms with Crippen LogP contribution in [0.3, 0.4) is 0 Å². The van der Waals surface area contributed by atoms with Crippen molar-refractivity contribution in [3.63, 3.8) is 0 Å². The average Bonchev–Trinajstić information content (AvgIpc) is 3.43. The predicted molar refractivity (Wildman–Crippen MR) is 356 cm³/mol. The van der Waals surface area contributed by atoms with Crippen LogP contribution >= 0.6 is 0 Å². The molecule has 398 valence electrons. The summed E-state index contributed by atoms with van der Waals surface area (Å²) in [7, 11) is 0. The zero-order valence-corrected chi connectivity index (χ0v) is 47.3. The topological polar surface area (TPSA) is 9.72 Å². The fraction of sp³-hybridized carbons (Fsp3) is 0.0500. The first-order chi connectivity index (χ1) is 40.8. The Morgan fingerprint density at radius 2 is 0.542 bits per heavy atom. The molecule has 83 heavy (non-hydrogen) atoms. The van der Waals surface area contributed by atoms with E-state index in [9.17, 15) is 0 Å². The van der Waals surface area contributed by atoms with Crippen LogP contribution in [-0.2, 0) is 0 Å². The van der Waals surface area contributed by atoms with Crippen molar-refractivity contribution in [3.8, 4) is 44.5 Å². The molecule has 13 aromatic rings. The molecule has 3 nitrogen and oxygen atoms in total. The maximum Gasteiger partial charge on any atom is 0.0467 e. The molecule has 0 saturated heterocycles. The van der Waals surface area contributed by atoms with Gasteiger partial charge in [0, 0.05) is 51.2 Å². The highest BCUT2D eigenvalue weighted by Crippen LogP contribution is 2.47. The van der Waals surface area contributed by atoms with E-state index in [2.05, 4.69) is 340 Å². The molecule has 0 aromatic heterocycles. The SMILES string of the molecule is C=Cc1cccc(N(c2ccc(C)cc2)c2ccc(-c3ccc(N(c4ccccc4)c4ccc(-c5cc(C)c(-c6c(C)cc(-c7ccc(N(c8ccccc8)c8ccc(C)cc8)cc7)c7ccccc67)c6ccccc56)cc4)cc3)cc2)c1. The largest absolute Gasteiger partial charge is 0.311 e. The van der Waals surface area contributed by atoms with Gasteiger partial charge < -0.3 is 14.7 Å². The van der Waals surface area contributed by atoms with Crippen LogP contribution in [0.5, 0.6) is 0 Å². The molecule has 0 saturated carbocycles. The van der Waals surface area contributed by atoms with Crippen molar-refractivity contribution in [3.05, 3.63) is 326 Å². The van der Waals surface area contributed by atoms with Crippen LogP contribution in [0, 0.1) is 27.7 Å². The summed E-state index contributed by atoms with van der Waals surface area (Å²) in [4.78, 5) is 6.97. The summed E-state index contributed by atoms with van der Waals surface area (Å²) in [6.45, 7) is 12.9. The second-order valence-corrected chi connectivity index (χ2v) is 21.7. The molecule has 0 fully saturated rings. The Morgan fingerprint density at radius 3 is 0.904 bits per heavy atom. The minimum atomic E-state index is 1.08. The van der Waals surface area contributed by atoms with Gasteiger partial charge in [0.05, 0.1) is 0 Å². The Bertz CT molecular complexity index is 4430. The lowest BCUT2D eigenvalue weighted by atomic mass is 9.83. The zero-order chi connectivity index (χ0) is 56.4. The number of anilines is 9. The van der Waals surface area contributed by atoms with Crippen molar-refractivity contribution in [2.24, 2.45) is 0 Å². The quantitative estimate of drug-likeness (QED) is 0.107. The third kappa shape index (κ3) is 10.3. The van der Waals surface area contributed by atoms with Gasteiger partial charge in [0.1, 0.15) is 0 Å². The first kappa shape index (κ1) is 51.9. The van der Waals surface area contributed by atoms with Crippen molar-refractivity contribution in [1.29, 1.82) is 0 Å². The maximum atomic E-state index is 4.03. The Labute approximate surface area is 488 Å². The fourth-order valence-electron chi connectivity index (χ4n) is 12.0. The first-order valence-corrected chi connectivity index (χ1v) is 28.6. The van der Waals surface area contributed by atoms with Crippen molar-refractivity contribution in [2.45, 2.75) is 27.7 Å². The molecule has 0 amide bonds. The number of benzene rings is 13. The molecule has 0 aliphatic rings. The predicted octanol–water partition coefficient (Wildman–Crippen LogP) is 22.9. The van der Waals surface area contributed by atoms with Gasteiger partial charge in [-0.15, -0.1) is 0 Å². The van der Waals surface area contributed by atoms with E-state index >= 15 is 0 Å². The van der Waals surface area contributed by atoms with Crippen LogP contribution in [0.25, 0.3) is 72.1 Å². The van der Waals surface area contributed by atoms with E-state index in [0.717, 1.165) is 67.9 Å². The van der Waals surface area contributed by atoms with Gasteiger partial charge in [-0.3, -0.25) is 0 Å². The number of para-hydroxylation sites is 2. The van der Waals surface area contributed by atoms with E-state index < -0.39 is 0 Å². The van der Waals surface area contributed by atoms with Crippen LogP contribution in [0.15, 0.2) is 298 Å². The van der Waals surface area contributed by atoms with Crippen molar-refractivity contribution in [2.75, 3.05) is 14.7 Å². The van der Waals surface area contributed by atoms with Crippen LogP contribution in [0.2, 0.25) is 0 Å². The van der Waals surface area contributed by atoms with Gasteiger partial charge in [0.2, 0.25) is 0 Å². The molecule has 0 aliphatic carbocycles. The Balaban J connectivity index is 0.807. The van der Waals surface area contributed by atoms with Crippen LogP contribution in [0.1, 0.15) is 27.8 Å². The van der Waals surface area contributed by atoms with Gasteiger partial charge in [0.25, 0.3) is 0 Å². The Kier molecular flexibility index (Phi) is 14.1. The van der Waals surface area contributed by atoms with Gasteiger partial charge >= 0.3 is 0 Å². The third-order valence-electron chi connectivity index (χ3n) is 16.2. The Hall–Kier alpha value is -10.5. The maximum absolute atomic E-state index is 4.03. The summed E-state index contributed by atoms with van der Waals surface area (Å²) >= 11 is 0. The number of nitrogens with zero attached hydrogens (tertiary/aromatic N) is 3. The smallest absolute Gasteiger partial charge is 0.0467 e. The number of hydrogen-bond donors (Lipinski definition) is 0. The highest BCUT2D eigenvalue weighted by atomic mass is 15.2. The molecule has 13 aromatic carbocycles. The minimum Gasteiger partial charge on any atom is -0.311 e. The number of rotatable bonds is 14. The molecule has 0 atom stereocenters. The monoisotopic (exact) mass is 1070 g/mol. The first-order valence-electron chi connectivity index (χ1n) is 28.6. The second-order valence-electron chi connectivity index (χ2n) is 21.7. The molecule has 0 unspecified atom stereocenters. The lowest BCUT2D eigenvalue weighted by molar-refractivity contribution is 1.27. The molecular weight excluding hydrogens is 1000 g/mol. The Morgan fingerprint density at radius 1 is 0.253 bits per heavy atom. The van der Waals surface area contributed by atoms with Crippen LogP contribution < -0.4 is 14.7 Å². The molecule has 0 aliphatic heterocycles. The standard InChI is InChI=1S/C80H63N3/c1-6-59-18-17-23-72(54-59)83(67-42-30-56(3)31-43-67)71-46-34-61(35-47-71)60-32-44-68(45-33-60)82(65-21-11-8-12-22-65)70-50-38-63(39-51-70)78-53-58(5)80(76-27-16-14-25-74(76)78)79-57(4)52-77(73-24-13-15-26-75(73)79)62-36-48-69(49-37-62)81(64-19-9-7-10-20-64)66-40-28-55(2)29-41-66/h6-54H,1H2,2-5H3.